The molecule has 2 heterocycles. The first-order chi connectivity index (χ1) is 10.2. The maximum absolute atomic E-state index is 12.7. The summed E-state index contributed by atoms with van der Waals surface area (Å²) in [6.45, 7) is 0.710. The van der Waals surface area contributed by atoms with Crippen LogP contribution in [0, 0.1) is 0 Å². The van der Waals surface area contributed by atoms with Crippen molar-refractivity contribution >= 4 is 27.5 Å². The van der Waals surface area contributed by atoms with E-state index < -0.39 is 0 Å². The van der Waals surface area contributed by atoms with Crippen molar-refractivity contribution in [1.82, 2.24) is 4.98 Å². The van der Waals surface area contributed by atoms with Gasteiger partial charge in [0.05, 0.1) is 7.11 Å². The second kappa shape index (κ2) is 5.85. The van der Waals surface area contributed by atoms with Gasteiger partial charge in [0.25, 0.3) is 5.91 Å². The van der Waals surface area contributed by atoms with Gasteiger partial charge in [-0.3, -0.25) is 4.79 Å². The number of amides is 1. The van der Waals surface area contributed by atoms with Crippen molar-refractivity contribution in [3.63, 3.8) is 0 Å². The third-order valence-corrected chi connectivity index (χ3v) is 4.25. The number of halogens is 1. The first-order valence-electron chi connectivity index (χ1n) is 6.80. The number of hydrogen-bond acceptors (Lipinski definition) is 3. The molecule has 21 heavy (non-hydrogen) atoms. The van der Waals surface area contributed by atoms with Crippen molar-refractivity contribution in [3.8, 4) is 5.75 Å². The van der Waals surface area contributed by atoms with E-state index in [2.05, 4.69) is 20.9 Å². The molecule has 0 saturated heterocycles. The number of nitrogens with zero attached hydrogens (tertiary/aromatic N) is 2. The van der Waals surface area contributed by atoms with Crippen LogP contribution in [-0.2, 0) is 6.42 Å². The maximum Gasteiger partial charge on any atom is 0.278 e. The molecular weight excluding hydrogens is 332 g/mol. The van der Waals surface area contributed by atoms with E-state index in [9.17, 15) is 4.79 Å². The lowest BCUT2D eigenvalue weighted by atomic mass is 10.0. The van der Waals surface area contributed by atoms with Crippen LogP contribution in [0.25, 0.3) is 0 Å². The number of fused-ring (bicyclic) bond motifs is 1. The van der Waals surface area contributed by atoms with Crippen molar-refractivity contribution in [2.24, 2.45) is 0 Å². The van der Waals surface area contributed by atoms with Crippen molar-refractivity contribution in [2.45, 2.75) is 12.8 Å². The number of carbonyl (C=O) groups excluding carboxylic acids is 1. The molecule has 5 heteroatoms. The molecule has 0 bridgehead atoms. The Morgan fingerprint density at radius 1 is 1.38 bits per heavy atom. The Labute approximate surface area is 131 Å². The average Bonchev–Trinajstić information content (AvgIpc) is 2.53. The number of hydrogen-bond donors (Lipinski definition) is 0. The van der Waals surface area contributed by atoms with Gasteiger partial charge < -0.3 is 9.64 Å². The van der Waals surface area contributed by atoms with Gasteiger partial charge in [-0.25, -0.2) is 4.98 Å². The summed E-state index contributed by atoms with van der Waals surface area (Å²) in [5.41, 5.74) is 2.53. The largest absolute Gasteiger partial charge is 0.497 e. The average molecular weight is 347 g/mol. The Morgan fingerprint density at radius 2 is 2.24 bits per heavy atom. The summed E-state index contributed by atoms with van der Waals surface area (Å²) in [5.74, 6) is 0.746. The van der Waals surface area contributed by atoms with Gasteiger partial charge in [0.1, 0.15) is 11.4 Å². The van der Waals surface area contributed by atoms with Crippen molar-refractivity contribution < 1.29 is 9.53 Å². The zero-order chi connectivity index (χ0) is 14.8. The quantitative estimate of drug-likeness (QED) is 0.836. The minimum Gasteiger partial charge on any atom is -0.497 e. The van der Waals surface area contributed by atoms with E-state index in [1.165, 1.54) is 0 Å². The van der Waals surface area contributed by atoms with E-state index in [-0.39, 0.29) is 5.91 Å². The molecular formula is C16H15BrN2O2. The van der Waals surface area contributed by atoms with Gasteiger partial charge in [-0.05, 0) is 64.7 Å². The molecule has 4 nitrogen and oxygen atoms in total. The summed E-state index contributed by atoms with van der Waals surface area (Å²) in [6.07, 6.45) is 3.53. The second-order valence-electron chi connectivity index (χ2n) is 4.89. The highest BCUT2D eigenvalue weighted by atomic mass is 79.9. The smallest absolute Gasteiger partial charge is 0.278 e. The minimum atomic E-state index is -0.0754. The number of aryl methyl sites for hydroxylation is 1. The zero-order valence-electron chi connectivity index (χ0n) is 11.7. The van der Waals surface area contributed by atoms with Crippen LogP contribution in [0.1, 0.15) is 22.5 Å². The van der Waals surface area contributed by atoms with Gasteiger partial charge >= 0.3 is 0 Å². The Hall–Kier alpha value is -1.88. The summed E-state index contributed by atoms with van der Waals surface area (Å²) < 4.78 is 5.97. The molecule has 0 N–H and O–H groups in total. The molecule has 0 spiro atoms. The van der Waals surface area contributed by atoms with Gasteiger partial charge in [-0.15, -0.1) is 0 Å². The van der Waals surface area contributed by atoms with Gasteiger partial charge in [-0.2, -0.15) is 0 Å². The molecule has 1 aliphatic rings. The molecule has 0 aliphatic carbocycles. The number of aromatic nitrogens is 1. The highest BCUT2D eigenvalue weighted by molar-refractivity contribution is 9.10. The van der Waals surface area contributed by atoms with E-state index in [1.807, 2.05) is 24.3 Å². The lowest BCUT2D eigenvalue weighted by Crippen LogP contribution is -2.36. The minimum absolute atomic E-state index is 0.0754. The van der Waals surface area contributed by atoms with Gasteiger partial charge in [0.2, 0.25) is 0 Å². The molecule has 0 atom stereocenters. The number of rotatable bonds is 2. The maximum atomic E-state index is 12.7. The number of ether oxygens (including phenoxy) is 1. The molecule has 1 aliphatic heterocycles. The van der Waals surface area contributed by atoms with Crippen molar-refractivity contribution in [3.05, 3.63) is 52.3 Å². The van der Waals surface area contributed by atoms with Crippen LogP contribution < -0.4 is 9.64 Å². The SMILES string of the molecule is COc1ccc2c(c1)CCCN2C(=O)c1ncccc1Br. The number of benzene rings is 1. The fraction of sp³-hybridized carbons (Fsp3) is 0.250. The van der Waals surface area contributed by atoms with E-state index >= 15 is 0 Å². The van der Waals surface area contributed by atoms with Crippen LogP contribution >= 0.6 is 15.9 Å². The Balaban J connectivity index is 1.99. The van der Waals surface area contributed by atoms with Crippen LogP contribution in [0.2, 0.25) is 0 Å². The van der Waals surface area contributed by atoms with Crippen LogP contribution in [0.4, 0.5) is 5.69 Å². The molecule has 1 amide bonds. The Morgan fingerprint density at radius 3 is 3.00 bits per heavy atom. The summed E-state index contributed by atoms with van der Waals surface area (Å²) in [4.78, 5) is 18.7. The summed E-state index contributed by atoms with van der Waals surface area (Å²) in [7, 11) is 1.65. The van der Waals surface area contributed by atoms with Crippen LogP contribution in [0.15, 0.2) is 41.0 Å². The van der Waals surface area contributed by atoms with Crippen LogP contribution in [0.3, 0.4) is 0 Å². The number of methoxy groups -OCH3 is 1. The fourth-order valence-corrected chi connectivity index (χ4v) is 3.01. The molecule has 0 saturated carbocycles. The van der Waals surface area contributed by atoms with E-state index in [1.54, 1.807) is 24.3 Å². The number of pyridine rings is 1. The third-order valence-electron chi connectivity index (χ3n) is 3.61. The monoisotopic (exact) mass is 346 g/mol. The topological polar surface area (TPSA) is 42.4 Å². The first kappa shape index (κ1) is 14.1. The third kappa shape index (κ3) is 2.65. The molecule has 1 aromatic carbocycles. The Bertz CT molecular complexity index is 688. The molecule has 0 unspecified atom stereocenters. The van der Waals surface area contributed by atoms with E-state index in [4.69, 9.17) is 4.74 Å². The molecule has 108 valence electrons. The fourth-order valence-electron chi connectivity index (χ4n) is 2.58. The highest BCUT2D eigenvalue weighted by Crippen LogP contribution is 2.32. The summed E-state index contributed by atoms with van der Waals surface area (Å²) >= 11 is 3.40. The van der Waals surface area contributed by atoms with Crippen molar-refractivity contribution in [2.75, 3.05) is 18.6 Å². The van der Waals surface area contributed by atoms with Crippen LogP contribution in [-0.4, -0.2) is 24.5 Å². The molecule has 0 fully saturated rings. The molecule has 0 radical (unpaired) electrons. The first-order valence-corrected chi connectivity index (χ1v) is 7.59. The van der Waals surface area contributed by atoms with Gasteiger partial charge in [0, 0.05) is 22.9 Å². The van der Waals surface area contributed by atoms with Crippen molar-refractivity contribution in [1.29, 1.82) is 0 Å². The predicted octanol–water partition coefficient (Wildman–Crippen LogP) is 3.45. The Kier molecular flexibility index (Phi) is 3.92. The zero-order valence-corrected chi connectivity index (χ0v) is 13.3. The summed E-state index contributed by atoms with van der Waals surface area (Å²) in [5, 5.41) is 0. The normalized spacial score (nSPS) is 13.7. The lowest BCUT2D eigenvalue weighted by Gasteiger charge is -2.29. The summed E-state index contributed by atoms with van der Waals surface area (Å²) in [6, 6.07) is 9.47. The standard InChI is InChI=1S/C16H15BrN2O2/c1-21-12-6-7-14-11(10-12)4-3-9-19(14)16(20)15-13(17)5-2-8-18-15/h2,5-8,10H,3-4,9H2,1H3. The van der Waals surface area contributed by atoms with Gasteiger partial charge in [0.15, 0.2) is 0 Å². The second-order valence-corrected chi connectivity index (χ2v) is 5.74. The van der Waals surface area contributed by atoms with E-state index in [0.717, 1.165) is 34.3 Å². The molecule has 2 aromatic rings. The molecule has 1 aromatic heterocycles. The predicted molar refractivity (Wildman–Crippen MR) is 84.9 cm³/mol. The number of anilines is 1. The van der Waals surface area contributed by atoms with Crippen LogP contribution in [0.5, 0.6) is 5.75 Å². The molecule has 3 rings (SSSR count). The van der Waals surface area contributed by atoms with Gasteiger partial charge in [-0.1, -0.05) is 0 Å². The number of carbonyl (C=O) groups is 1. The lowest BCUT2D eigenvalue weighted by molar-refractivity contribution is 0.0979. The highest BCUT2D eigenvalue weighted by Gasteiger charge is 2.25. The van der Waals surface area contributed by atoms with E-state index in [0.29, 0.717) is 12.2 Å².